The number of nitrogens with zero attached hydrogens (tertiary/aromatic N) is 2. The van der Waals surface area contributed by atoms with Gasteiger partial charge < -0.3 is 4.57 Å². The fourth-order valence-electron chi connectivity index (χ4n) is 1.14. The Hall–Kier alpha value is -0.640. The van der Waals surface area contributed by atoms with Gasteiger partial charge in [-0.3, -0.25) is 4.79 Å². The molecule has 0 aliphatic carbocycles. The van der Waals surface area contributed by atoms with E-state index in [1.807, 2.05) is 0 Å². The van der Waals surface area contributed by atoms with Gasteiger partial charge >= 0.3 is 0 Å². The molecule has 0 N–H and O–H groups in total. The number of aryl methyl sites for hydroxylation is 2. The van der Waals surface area contributed by atoms with Gasteiger partial charge in [0.1, 0.15) is 4.47 Å². The highest BCUT2D eigenvalue weighted by atomic mass is 79.9. The summed E-state index contributed by atoms with van der Waals surface area (Å²) in [5.41, 5.74) is 0.848. The van der Waals surface area contributed by atoms with Gasteiger partial charge in [0.15, 0.2) is 0 Å². The second-order valence-electron chi connectivity index (χ2n) is 3.85. The molecule has 0 fully saturated rings. The van der Waals surface area contributed by atoms with Gasteiger partial charge in [-0.2, -0.15) is 0 Å². The molecule has 3 nitrogen and oxygen atoms in total. The summed E-state index contributed by atoms with van der Waals surface area (Å²) in [6.45, 7) is 4.32. The topological polar surface area (TPSA) is 34.9 Å². The molecule has 0 unspecified atom stereocenters. The van der Waals surface area contributed by atoms with E-state index < -0.39 is 0 Å². The lowest BCUT2D eigenvalue weighted by molar-refractivity contribution is 0.577. The number of hydrogen-bond acceptors (Lipinski definition) is 2. The maximum atomic E-state index is 11.5. The molecule has 1 heterocycles. The van der Waals surface area contributed by atoms with Crippen LogP contribution in [-0.4, -0.2) is 9.55 Å². The van der Waals surface area contributed by atoms with Crippen LogP contribution >= 0.6 is 15.9 Å². The van der Waals surface area contributed by atoms with E-state index in [2.05, 4.69) is 34.8 Å². The lowest BCUT2D eigenvalue weighted by atomic mass is 10.1. The molecular weight excluding hydrogens is 244 g/mol. The quantitative estimate of drug-likeness (QED) is 0.833. The maximum Gasteiger partial charge on any atom is 0.267 e. The van der Waals surface area contributed by atoms with E-state index >= 15 is 0 Å². The summed E-state index contributed by atoms with van der Waals surface area (Å²) in [5.74, 6) is 0.632. The molecule has 0 radical (unpaired) electrons. The average Bonchev–Trinajstić information content (AvgIpc) is 2.13. The summed E-state index contributed by atoms with van der Waals surface area (Å²) in [6, 6.07) is 0. The maximum absolute atomic E-state index is 11.5. The standard InChI is InChI=1S/C10H15BrN2O/c1-7(2)4-5-8-9(11)10(14)13(3)6-12-8/h6-7H,4-5H2,1-3H3. The first kappa shape index (κ1) is 11.4. The molecule has 0 aromatic carbocycles. The van der Waals surface area contributed by atoms with E-state index in [0.29, 0.717) is 10.4 Å². The molecule has 0 spiro atoms. The summed E-state index contributed by atoms with van der Waals surface area (Å²) in [7, 11) is 1.70. The Balaban J connectivity index is 2.89. The van der Waals surface area contributed by atoms with E-state index in [4.69, 9.17) is 0 Å². The Morgan fingerprint density at radius 3 is 2.79 bits per heavy atom. The molecule has 0 amide bonds. The zero-order chi connectivity index (χ0) is 10.7. The zero-order valence-electron chi connectivity index (χ0n) is 8.75. The summed E-state index contributed by atoms with van der Waals surface area (Å²) >= 11 is 3.29. The number of aromatic nitrogens is 2. The van der Waals surface area contributed by atoms with E-state index in [9.17, 15) is 4.79 Å². The molecule has 1 aromatic heterocycles. The Bertz CT molecular complexity index is 371. The largest absolute Gasteiger partial charge is 0.301 e. The van der Waals surface area contributed by atoms with E-state index in [1.54, 1.807) is 13.4 Å². The lowest BCUT2D eigenvalue weighted by Gasteiger charge is -2.06. The normalized spacial score (nSPS) is 10.9. The van der Waals surface area contributed by atoms with E-state index in [-0.39, 0.29) is 5.56 Å². The van der Waals surface area contributed by atoms with Gasteiger partial charge in [0.25, 0.3) is 5.56 Å². The Labute approximate surface area is 92.3 Å². The van der Waals surface area contributed by atoms with Crippen molar-refractivity contribution in [3.63, 3.8) is 0 Å². The predicted octanol–water partition coefficient (Wildman–Crippen LogP) is 2.13. The molecule has 0 atom stereocenters. The SMILES string of the molecule is CC(C)CCc1ncn(C)c(=O)c1Br. The van der Waals surface area contributed by atoms with Gasteiger partial charge in [0, 0.05) is 7.05 Å². The van der Waals surface area contributed by atoms with Crippen LogP contribution in [-0.2, 0) is 13.5 Å². The van der Waals surface area contributed by atoms with Crippen LogP contribution in [0.1, 0.15) is 26.0 Å². The van der Waals surface area contributed by atoms with E-state index in [1.165, 1.54) is 4.57 Å². The van der Waals surface area contributed by atoms with Gasteiger partial charge in [0.2, 0.25) is 0 Å². The summed E-state index contributed by atoms with van der Waals surface area (Å²) in [4.78, 5) is 15.7. The first-order valence-electron chi connectivity index (χ1n) is 4.72. The van der Waals surface area contributed by atoms with Gasteiger partial charge in [-0.25, -0.2) is 4.98 Å². The third kappa shape index (κ3) is 2.67. The third-order valence-corrected chi connectivity index (χ3v) is 2.90. The van der Waals surface area contributed by atoms with Gasteiger partial charge in [-0.1, -0.05) is 13.8 Å². The second-order valence-corrected chi connectivity index (χ2v) is 4.65. The highest BCUT2D eigenvalue weighted by Crippen LogP contribution is 2.13. The minimum atomic E-state index is -0.0150. The van der Waals surface area contributed by atoms with Crippen LogP contribution in [0.2, 0.25) is 0 Å². The van der Waals surface area contributed by atoms with Crippen molar-refractivity contribution in [3.05, 3.63) is 26.8 Å². The molecule has 1 rings (SSSR count). The summed E-state index contributed by atoms with van der Waals surface area (Å²) in [6.07, 6.45) is 3.48. The molecule has 14 heavy (non-hydrogen) atoms. The predicted molar refractivity (Wildman–Crippen MR) is 60.3 cm³/mol. The fourth-order valence-corrected chi connectivity index (χ4v) is 1.72. The van der Waals surface area contributed by atoms with Crippen LogP contribution < -0.4 is 5.56 Å². The zero-order valence-corrected chi connectivity index (χ0v) is 10.3. The first-order chi connectivity index (χ1) is 6.52. The summed E-state index contributed by atoms with van der Waals surface area (Å²) < 4.78 is 2.08. The Morgan fingerprint density at radius 2 is 2.21 bits per heavy atom. The van der Waals surface area contributed by atoms with Crippen LogP contribution in [0.25, 0.3) is 0 Å². The molecular formula is C10H15BrN2O. The minimum absolute atomic E-state index is 0.0150. The number of rotatable bonds is 3. The highest BCUT2D eigenvalue weighted by Gasteiger charge is 2.07. The number of hydrogen-bond donors (Lipinski definition) is 0. The second kappa shape index (κ2) is 4.73. The molecule has 1 aromatic rings. The third-order valence-electron chi connectivity index (χ3n) is 2.11. The van der Waals surface area contributed by atoms with Gasteiger partial charge in [0.05, 0.1) is 12.0 Å². The van der Waals surface area contributed by atoms with Crippen LogP contribution in [0.15, 0.2) is 15.6 Å². The average molecular weight is 259 g/mol. The lowest BCUT2D eigenvalue weighted by Crippen LogP contribution is -2.19. The monoisotopic (exact) mass is 258 g/mol. The summed E-state index contributed by atoms with van der Waals surface area (Å²) in [5, 5.41) is 0. The van der Waals surface area contributed by atoms with Crippen molar-refractivity contribution in [2.75, 3.05) is 0 Å². The Kier molecular flexibility index (Phi) is 3.86. The molecule has 0 bridgehead atoms. The fraction of sp³-hybridized carbons (Fsp3) is 0.600. The molecule has 0 saturated heterocycles. The van der Waals surface area contributed by atoms with Crippen LogP contribution in [0.4, 0.5) is 0 Å². The van der Waals surface area contributed by atoms with Gasteiger partial charge in [-0.15, -0.1) is 0 Å². The van der Waals surface area contributed by atoms with Crippen molar-refractivity contribution in [3.8, 4) is 0 Å². The molecule has 78 valence electrons. The van der Waals surface area contributed by atoms with Crippen LogP contribution in [0.3, 0.4) is 0 Å². The molecule has 0 saturated carbocycles. The smallest absolute Gasteiger partial charge is 0.267 e. The Morgan fingerprint density at radius 1 is 1.57 bits per heavy atom. The van der Waals surface area contributed by atoms with E-state index in [0.717, 1.165) is 18.5 Å². The molecule has 0 aliphatic rings. The van der Waals surface area contributed by atoms with Crippen molar-refractivity contribution in [2.45, 2.75) is 26.7 Å². The van der Waals surface area contributed by atoms with Crippen LogP contribution in [0.5, 0.6) is 0 Å². The van der Waals surface area contributed by atoms with Crippen LogP contribution in [0, 0.1) is 5.92 Å². The van der Waals surface area contributed by atoms with Crippen molar-refractivity contribution < 1.29 is 0 Å². The first-order valence-corrected chi connectivity index (χ1v) is 5.51. The van der Waals surface area contributed by atoms with Crippen molar-refractivity contribution in [2.24, 2.45) is 13.0 Å². The van der Waals surface area contributed by atoms with Crippen molar-refractivity contribution in [1.82, 2.24) is 9.55 Å². The van der Waals surface area contributed by atoms with Crippen molar-refractivity contribution >= 4 is 15.9 Å². The minimum Gasteiger partial charge on any atom is -0.301 e. The van der Waals surface area contributed by atoms with Gasteiger partial charge in [-0.05, 0) is 34.7 Å². The highest BCUT2D eigenvalue weighted by molar-refractivity contribution is 9.10. The molecule has 0 aliphatic heterocycles. The van der Waals surface area contributed by atoms with Crippen molar-refractivity contribution in [1.29, 1.82) is 0 Å². The molecule has 4 heteroatoms. The number of halogens is 1.